The van der Waals surface area contributed by atoms with Gasteiger partial charge in [0.05, 0.1) is 12.2 Å². The van der Waals surface area contributed by atoms with Gasteiger partial charge < -0.3 is 18.6 Å². The van der Waals surface area contributed by atoms with Gasteiger partial charge in [-0.3, -0.25) is 9.00 Å². The summed E-state index contributed by atoms with van der Waals surface area (Å²) < 4.78 is 75.4. The van der Waals surface area contributed by atoms with Crippen molar-refractivity contribution in [2.24, 2.45) is 7.05 Å². The van der Waals surface area contributed by atoms with Crippen LogP contribution in [-0.2, 0) is 30.9 Å². The van der Waals surface area contributed by atoms with Crippen LogP contribution in [0, 0.1) is 0 Å². The van der Waals surface area contributed by atoms with E-state index in [2.05, 4.69) is 4.72 Å². The summed E-state index contributed by atoms with van der Waals surface area (Å²) in [6, 6.07) is 10.8. The summed E-state index contributed by atoms with van der Waals surface area (Å²) >= 11 is -2.39. The van der Waals surface area contributed by atoms with Gasteiger partial charge in [-0.25, -0.2) is 4.72 Å². The molecule has 0 spiro atoms. The van der Waals surface area contributed by atoms with Gasteiger partial charge in [0, 0.05) is 48.2 Å². The van der Waals surface area contributed by atoms with Gasteiger partial charge >= 0.3 is 6.18 Å². The predicted molar refractivity (Wildman–Crippen MR) is 120 cm³/mol. The Balaban J connectivity index is 2.05. The van der Waals surface area contributed by atoms with Crippen molar-refractivity contribution < 1.29 is 31.4 Å². The van der Waals surface area contributed by atoms with E-state index in [-0.39, 0.29) is 17.9 Å². The Kier molecular flexibility index (Phi) is 8.13. The molecular formula is C23H22F3N2O5S-. The number of hydrogen-bond acceptors (Lipinski definition) is 5. The van der Waals surface area contributed by atoms with Gasteiger partial charge in [-0.1, -0.05) is 6.07 Å². The third kappa shape index (κ3) is 6.46. The summed E-state index contributed by atoms with van der Waals surface area (Å²) in [5.41, 5.74) is 0.753. The highest BCUT2D eigenvalue weighted by atomic mass is 32.2. The second kappa shape index (κ2) is 10.9. The number of aromatic nitrogens is 1. The molecule has 0 radical (unpaired) electrons. The molecule has 0 aliphatic rings. The van der Waals surface area contributed by atoms with E-state index < -0.39 is 23.0 Å². The van der Waals surface area contributed by atoms with E-state index in [4.69, 9.17) is 9.47 Å². The number of alkyl halides is 3. The second-order valence-corrected chi connectivity index (χ2v) is 8.03. The van der Waals surface area contributed by atoms with Crippen LogP contribution in [-0.4, -0.2) is 26.5 Å². The van der Waals surface area contributed by atoms with Gasteiger partial charge in [-0.2, -0.15) is 13.2 Å². The molecule has 0 fully saturated rings. The van der Waals surface area contributed by atoms with E-state index >= 15 is 0 Å². The molecule has 34 heavy (non-hydrogen) atoms. The first-order valence-electron chi connectivity index (χ1n) is 10.2. The topological polar surface area (TPSA) is 92.6 Å². The van der Waals surface area contributed by atoms with E-state index in [1.54, 1.807) is 38.4 Å². The number of nitrogens with zero attached hydrogens (tertiary/aromatic N) is 1. The normalized spacial score (nSPS) is 12.4. The highest BCUT2D eigenvalue weighted by molar-refractivity contribution is 7.77. The lowest BCUT2D eigenvalue weighted by Gasteiger charge is -2.17. The lowest BCUT2D eigenvalue weighted by atomic mass is 10.0. The molecule has 7 nitrogen and oxygen atoms in total. The number of benzene rings is 2. The smallest absolute Gasteiger partial charge is 0.416 e. The highest BCUT2D eigenvalue weighted by Crippen LogP contribution is 2.39. The van der Waals surface area contributed by atoms with Crippen molar-refractivity contribution in [3.8, 4) is 28.4 Å². The maximum absolute atomic E-state index is 12.9. The number of hydrogen-bond donors (Lipinski definition) is 1. The number of nitrogens with one attached hydrogen (secondary N) is 1. The molecule has 1 atom stereocenters. The summed E-state index contributed by atoms with van der Waals surface area (Å²) in [7, 11) is 1.58. The zero-order chi connectivity index (χ0) is 24.9. The minimum Gasteiger partial charge on any atom is -0.760 e. The van der Waals surface area contributed by atoms with Crippen LogP contribution in [0.15, 0.2) is 59.5 Å². The average molecular weight is 495 g/mol. The lowest BCUT2D eigenvalue weighted by Crippen LogP contribution is -2.19. The van der Waals surface area contributed by atoms with Crippen molar-refractivity contribution in [3.05, 3.63) is 76.2 Å². The molecule has 0 saturated carbocycles. The number of pyridine rings is 1. The lowest BCUT2D eigenvalue weighted by molar-refractivity contribution is -0.137. The van der Waals surface area contributed by atoms with Gasteiger partial charge in [0.15, 0.2) is 0 Å². The minimum atomic E-state index is -4.46. The van der Waals surface area contributed by atoms with Crippen LogP contribution in [0.3, 0.4) is 0 Å². The van der Waals surface area contributed by atoms with Crippen molar-refractivity contribution in [2.75, 3.05) is 13.2 Å². The Morgan fingerprint density at radius 3 is 2.38 bits per heavy atom. The predicted octanol–water partition coefficient (Wildman–Crippen LogP) is 4.19. The summed E-state index contributed by atoms with van der Waals surface area (Å²) in [6.45, 7) is 2.24. The Bertz CT molecular complexity index is 1230. The van der Waals surface area contributed by atoms with Crippen LogP contribution >= 0.6 is 0 Å². The van der Waals surface area contributed by atoms with E-state index in [1.807, 2.05) is 0 Å². The summed E-state index contributed by atoms with van der Waals surface area (Å²) in [6.07, 6.45) is -2.51. The molecule has 0 saturated heterocycles. The van der Waals surface area contributed by atoms with Crippen LogP contribution in [0.5, 0.6) is 17.2 Å². The van der Waals surface area contributed by atoms with Gasteiger partial charge in [-0.15, -0.1) is 0 Å². The highest BCUT2D eigenvalue weighted by Gasteiger charge is 2.30. The summed E-state index contributed by atoms with van der Waals surface area (Å²) in [5, 5.41) is 0. The van der Waals surface area contributed by atoms with Gasteiger partial charge in [0.25, 0.3) is 5.56 Å². The van der Waals surface area contributed by atoms with Crippen molar-refractivity contribution in [1.29, 1.82) is 0 Å². The standard InChI is InChI=1S/C23H23F3N2O5S/c1-3-32-21-13-22(29)28(2)14-19(21)18-12-15(10-11-27-34(30)31)4-9-20(18)33-17-7-5-16(6-8-17)23(24,25)26/h4-9,12-14,27H,3,10-11H2,1-2H3,(H,30,31)/p-1. The van der Waals surface area contributed by atoms with Crippen molar-refractivity contribution in [2.45, 2.75) is 19.5 Å². The van der Waals surface area contributed by atoms with Crippen LogP contribution in [0.1, 0.15) is 18.1 Å². The maximum Gasteiger partial charge on any atom is 0.416 e. The minimum absolute atomic E-state index is 0.167. The van der Waals surface area contributed by atoms with E-state index in [1.165, 1.54) is 22.8 Å². The number of halogens is 3. The molecule has 0 aliphatic carbocycles. The van der Waals surface area contributed by atoms with Gasteiger partial charge in [-0.05, 0) is 55.3 Å². The number of ether oxygens (including phenoxy) is 2. The monoisotopic (exact) mass is 495 g/mol. The van der Waals surface area contributed by atoms with Gasteiger partial charge in [0.1, 0.15) is 17.2 Å². The second-order valence-electron chi connectivity index (χ2n) is 7.27. The van der Waals surface area contributed by atoms with Crippen LogP contribution in [0.25, 0.3) is 11.1 Å². The zero-order valence-corrected chi connectivity index (χ0v) is 19.2. The Labute approximate surface area is 196 Å². The number of rotatable bonds is 9. The van der Waals surface area contributed by atoms with Gasteiger partial charge in [0.2, 0.25) is 0 Å². The van der Waals surface area contributed by atoms with Crippen LogP contribution in [0.2, 0.25) is 0 Å². The Morgan fingerprint density at radius 2 is 1.76 bits per heavy atom. The first kappa shape index (κ1) is 25.5. The molecule has 1 unspecified atom stereocenters. The fourth-order valence-corrected chi connectivity index (χ4v) is 3.51. The number of aryl methyl sites for hydroxylation is 1. The molecule has 1 aromatic heterocycles. The van der Waals surface area contributed by atoms with E-state index in [0.29, 0.717) is 35.7 Å². The van der Waals surface area contributed by atoms with Crippen molar-refractivity contribution in [3.63, 3.8) is 0 Å². The van der Waals surface area contributed by atoms with E-state index in [9.17, 15) is 26.7 Å². The molecular weight excluding hydrogens is 473 g/mol. The fraction of sp³-hybridized carbons (Fsp3) is 0.261. The summed E-state index contributed by atoms with van der Waals surface area (Å²) in [4.78, 5) is 12.2. The van der Waals surface area contributed by atoms with Crippen molar-refractivity contribution in [1.82, 2.24) is 9.29 Å². The van der Waals surface area contributed by atoms with Crippen molar-refractivity contribution >= 4 is 11.3 Å². The molecule has 3 aromatic rings. The largest absolute Gasteiger partial charge is 0.760 e. The molecule has 11 heteroatoms. The summed E-state index contributed by atoms with van der Waals surface area (Å²) in [5.74, 6) is 0.829. The molecule has 182 valence electrons. The fourth-order valence-electron chi connectivity index (χ4n) is 3.24. The molecule has 3 rings (SSSR count). The molecule has 0 bridgehead atoms. The Morgan fingerprint density at radius 1 is 1.06 bits per heavy atom. The first-order chi connectivity index (χ1) is 16.1. The van der Waals surface area contributed by atoms with Crippen LogP contribution < -0.4 is 19.8 Å². The third-order valence-corrected chi connectivity index (χ3v) is 5.31. The Hall–Kier alpha value is -3.15. The van der Waals surface area contributed by atoms with Crippen LogP contribution in [0.4, 0.5) is 13.2 Å². The first-order valence-corrected chi connectivity index (χ1v) is 11.3. The maximum atomic E-state index is 12.9. The molecule has 0 aliphatic heterocycles. The van der Waals surface area contributed by atoms with E-state index in [0.717, 1.165) is 17.7 Å². The molecule has 0 amide bonds. The third-order valence-electron chi connectivity index (χ3n) is 4.87. The molecule has 2 aromatic carbocycles. The average Bonchev–Trinajstić information content (AvgIpc) is 2.77. The molecule has 1 heterocycles. The molecule has 1 N–H and O–H groups in total. The zero-order valence-electron chi connectivity index (χ0n) is 18.3. The SMILES string of the molecule is CCOc1cc(=O)n(C)cc1-c1cc(CCNS(=O)[O-])ccc1Oc1ccc(C(F)(F)F)cc1. The quantitative estimate of drug-likeness (QED) is 0.450.